The number of hydrogen-bond donors (Lipinski definition) is 2. The van der Waals surface area contributed by atoms with Crippen LogP contribution in [0.15, 0.2) is 24.0 Å². The van der Waals surface area contributed by atoms with Gasteiger partial charge in [0.1, 0.15) is 6.04 Å². The Labute approximate surface area is 146 Å². The molecule has 10 heteroatoms. The van der Waals surface area contributed by atoms with Crippen molar-refractivity contribution in [3.8, 4) is 11.3 Å². The molecule has 25 heavy (non-hydrogen) atoms. The Morgan fingerprint density at radius 2 is 2.12 bits per heavy atom. The molecule has 0 aliphatic carbocycles. The van der Waals surface area contributed by atoms with Crippen LogP contribution in [-0.2, 0) is 11.8 Å². The molecule has 0 aromatic carbocycles. The first-order valence-corrected chi connectivity index (χ1v) is 8.27. The number of thiazole rings is 1. The molecule has 3 heterocycles. The van der Waals surface area contributed by atoms with Gasteiger partial charge in [-0.3, -0.25) is 14.2 Å². The summed E-state index contributed by atoms with van der Waals surface area (Å²) in [6, 6.07) is -0.666. The molecule has 0 spiro atoms. The van der Waals surface area contributed by atoms with Crippen molar-refractivity contribution < 1.29 is 14.7 Å². The lowest BCUT2D eigenvalue weighted by molar-refractivity contribution is -0.119. The molecule has 9 nitrogen and oxygen atoms in total. The minimum Gasteiger partial charge on any atom is -0.478 e. The molecule has 0 bridgehead atoms. The molecule has 0 radical (unpaired) electrons. The minimum atomic E-state index is -1.09. The van der Waals surface area contributed by atoms with Crippen LogP contribution in [0.25, 0.3) is 11.3 Å². The summed E-state index contributed by atoms with van der Waals surface area (Å²) in [5, 5.41) is 22.1. The van der Waals surface area contributed by atoms with Crippen LogP contribution in [0.5, 0.6) is 0 Å². The minimum absolute atomic E-state index is 0.0308. The summed E-state index contributed by atoms with van der Waals surface area (Å²) in [4.78, 5) is 27.6. The topological polar surface area (TPSA) is 115 Å². The molecule has 3 aromatic rings. The molecule has 130 valence electrons. The first kappa shape index (κ1) is 16.8. The normalized spacial score (nSPS) is 12.1. The largest absolute Gasteiger partial charge is 0.478 e. The predicted octanol–water partition coefficient (Wildman–Crippen LogP) is 1.95. The highest BCUT2D eigenvalue weighted by Gasteiger charge is 2.19. The Hall–Kier alpha value is -3.01. The predicted molar refractivity (Wildman–Crippen MR) is 91.6 cm³/mol. The van der Waals surface area contributed by atoms with E-state index in [0.717, 1.165) is 17.0 Å². The van der Waals surface area contributed by atoms with Crippen molar-refractivity contribution >= 4 is 28.3 Å². The number of carboxylic acids is 1. The van der Waals surface area contributed by atoms with Crippen LogP contribution in [0.2, 0.25) is 0 Å². The van der Waals surface area contributed by atoms with Gasteiger partial charge in [0, 0.05) is 30.4 Å². The first-order chi connectivity index (χ1) is 11.8. The Kier molecular flexibility index (Phi) is 4.36. The third-order valence-corrected chi connectivity index (χ3v) is 4.41. The Morgan fingerprint density at radius 3 is 2.72 bits per heavy atom. The third-order valence-electron chi connectivity index (χ3n) is 3.65. The maximum Gasteiger partial charge on any atom is 0.338 e. The molecule has 1 amide bonds. The summed E-state index contributed by atoms with van der Waals surface area (Å²) in [5.74, 6) is -1.42. The molecule has 0 aliphatic heterocycles. The molecule has 0 saturated heterocycles. The van der Waals surface area contributed by atoms with Gasteiger partial charge < -0.3 is 10.4 Å². The van der Waals surface area contributed by atoms with Crippen LogP contribution in [0.3, 0.4) is 0 Å². The molecular formula is C15H16N6O3S. The highest BCUT2D eigenvalue weighted by Crippen LogP contribution is 2.27. The number of nitrogens with one attached hydrogen (secondary N) is 1. The number of nitrogens with zero attached hydrogens (tertiary/aromatic N) is 5. The highest BCUT2D eigenvalue weighted by molar-refractivity contribution is 7.14. The lowest BCUT2D eigenvalue weighted by atomic mass is 10.2. The average Bonchev–Trinajstić information content (AvgIpc) is 3.26. The van der Waals surface area contributed by atoms with Crippen molar-refractivity contribution in [2.75, 3.05) is 5.32 Å². The van der Waals surface area contributed by atoms with Gasteiger partial charge in [0.15, 0.2) is 5.13 Å². The maximum atomic E-state index is 12.3. The number of aromatic nitrogens is 5. The standard InChI is InChI=1S/C15H16N6O3S/c1-8-11(6-20(3)19-8)12-7-25-15(17-12)18-13(22)9(2)21-5-10(4-16-21)14(23)24/h4-7,9H,1-3H3,(H,23,24)(H,17,18,22). The van der Waals surface area contributed by atoms with Crippen molar-refractivity contribution in [3.63, 3.8) is 0 Å². The van der Waals surface area contributed by atoms with E-state index >= 15 is 0 Å². The summed E-state index contributed by atoms with van der Waals surface area (Å²) in [6.07, 6.45) is 4.40. The number of carbonyl (C=O) groups excluding carboxylic acids is 1. The molecule has 1 atom stereocenters. The molecule has 0 saturated carbocycles. The van der Waals surface area contributed by atoms with Gasteiger partial charge in [-0.05, 0) is 13.8 Å². The molecule has 2 N–H and O–H groups in total. The van der Waals surface area contributed by atoms with Crippen LogP contribution in [0.1, 0.15) is 29.0 Å². The second-order valence-corrected chi connectivity index (χ2v) is 6.38. The molecule has 0 aliphatic rings. The molecule has 3 aromatic heterocycles. The highest BCUT2D eigenvalue weighted by atomic mass is 32.1. The zero-order valence-electron chi connectivity index (χ0n) is 13.8. The van der Waals surface area contributed by atoms with Gasteiger partial charge in [-0.25, -0.2) is 9.78 Å². The van der Waals surface area contributed by atoms with Gasteiger partial charge in [0.25, 0.3) is 5.91 Å². The summed E-state index contributed by atoms with van der Waals surface area (Å²) < 4.78 is 3.01. The lowest BCUT2D eigenvalue weighted by Gasteiger charge is -2.10. The van der Waals surface area contributed by atoms with Crippen LogP contribution in [0.4, 0.5) is 5.13 Å². The van der Waals surface area contributed by atoms with Crippen molar-refractivity contribution in [1.82, 2.24) is 24.5 Å². The Morgan fingerprint density at radius 1 is 1.36 bits per heavy atom. The Bertz CT molecular complexity index is 941. The summed E-state index contributed by atoms with van der Waals surface area (Å²) in [6.45, 7) is 3.53. The van der Waals surface area contributed by atoms with Crippen LogP contribution >= 0.6 is 11.3 Å². The zero-order valence-corrected chi connectivity index (χ0v) is 14.6. The van der Waals surface area contributed by atoms with Crippen molar-refractivity contribution in [2.45, 2.75) is 19.9 Å². The van der Waals surface area contributed by atoms with Crippen LogP contribution in [-0.4, -0.2) is 41.5 Å². The maximum absolute atomic E-state index is 12.3. The van der Waals surface area contributed by atoms with Crippen molar-refractivity contribution in [3.05, 3.63) is 35.2 Å². The summed E-state index contributed by atoms with van der Waals surface area (Å²) >= 11 is 1.31. The summed E-state index contributed by atoms with van der Waals surface area (Å²) in [5.41, 5.74) is 2.54. The third kappa shape index (κ3) is 3.43. The fourth-order valence-corrected chi connectivity index (χ4v) is 3.01. The van der Waals surface area contributed by atoms with E-state index in [2.05, 4.69) is 20.5 Å². The number of rotatable bonds is 5. The average molecular weight is 360 g/mol. The van der Waals surface area contributed by atoms with Crippen LogP contribution < -0.4 is 5.32 Å². The van der Waals surface area contributed by atoms with E-state index in [-0.39, 0.29) is 11.5 Å². The van der Waals surface area contributed by atoms with Crippen molar-refractivity contribution in [2.24, 2.45) is 7.05 Å². The van der Waals surface area contributed by atoms with E-state index in [0.29, 0.717) is 5.13 Å². The van der Waals surface area contributed by atoms with Crippen LogP contribution in [0, 0.1) is 6.92 Å². The van der Waals surface area contributed by atoms with E-state index in [9.17, 15) is 9.59 Å². The van der Waals surface area contributed by atoms with E-state index in [4.69, 9.17) is 5.11 Å². The fourth-order valence-electron chi connectivity index (χ4n) is 2.30. The number of amides is 1. The van der Waals surface area contributed by atoms with Gasteiger partial charge in [0.05, 0.1) is 23.1 Å². The molecular weight excluding hydrogens is 344 g/mol. The number of aromatic carboxylic acids is 1. The second kappa shape index (κ2) is 6.48. The monoisotopic (exact) mass is 360 g/mol. The summed E-state index contributed by atoms with van der Waals surface area (Å²) in [7, 11) is 1.84. The Balaban J connectivity index is 1.72. The second-order valence-electron chi connectivity index (χ2n) is 5.52. The van der Waals surface area contributed by atoms with E-state index in [1.54, 1.807) is 11.6 Å². The van der Waals surface area contributed by atoms with E-state index < -0.39 is 12.0 Å². The number of anilines is 1. The lowest BCUT2D eigenvalue weighted by Crippen LogP contribution is -2.24. The number of carbonyl (C=O) groups is 2. The number of hydrogen-bond acceptors (Lipinski definition) is 6. The quantitative estimate of drug-likeness (QED) is 0.718. The fraction of sp³-hybridized carbons (Fsp3) is 0.267. The van der Waals surface area contributed by atoms with Crippen molar-refractivity contribution in [1.29, 1.82) is 0 Å². The zero-order chi connectivity index (χ0) is 18.1. The molecule has 0 fully saturated rings. The van der Waals surface area contributed by atoms with Gasteiger partial charge in [-0.15, -0.1) is 11.3 Å². The SMILES string of the molecule is Cc1nn(C)cc1-c1csc(NC(=O)C(C)n2cc(C(=O)O)cn2)n1. The smallest absolute Gasteiger partial charge is 0.338 e. The van der Waals surface area contributed by atoms with Gasteiger partial charge >= 0.3 is 5.97 Å². The van der Waals surface area contributed by atoms with Gasteiger partial charge in [-0.2, -0.15) is 10.2 Å². The van der Waals surface area contributed by atoms with E-state index in [1.807, 2.05) is 25.5 Å². The van der Waals surface area contributed by atoms with Gasteiger partial charge in [0.2, 0.25) is 0 Å². The van der Waals surface area contributed by atoms with E-state index in [1.165, 1.54) is 28.4 Å². The first-order valence-electron chi connectivity index (χ1n) is 7.39. The molecule has 3 rings (SSSR count). The molecule has 1 unspecified atom stereocenters. The number of carboxylic acid groups (broad SMARTS) is 1. The number of aryl methyl sites for hydroxylation is 2. The van der Waals surface area contributed by atoms with Gasteiger partial charge in [-0.1, -0.05) is 0 Å².